The topological polar surface area (TPSA) is 21.3 Å². The van der Waals surface area contributed by atoms with Gasteiger partial charge in [0.2, 0.25) is 0 Å². The van der Waals surface area contributed by atoms with Crippen molar-refractivity contribution in [2.45, 2.75) is 32.2 Å². The summed E-state index contributed by atoms with van der Waals surface area (Å²) < 4.78 is 5.46. The fraction of sp³-hybridized carbons (Fsp3) is 0.600. The molecule has 4 heteroatoms. The summed E-state index contributed by atoms with van der Waals surface area (Å²) in [6.45, 7) is 4.91. The molecular weight excluding hydrogens is 281 g/mol. The molecule has 0 spiro atoms. The number of nitrogens with one attached hydrogen (secondary N) is 1. The van der Waals surface area contributed by atoms with E-state index in [2.05, 4.69) is 18.3 Å². The Morgan fingerprint density at radius 1 is 1.26 bits per heavy atom. The van der Waals surface area contributed by atoms with Crippen LogP contribution in [0.1, 0.15) is 37.8 Å². The van der Waals surface area contributed by atoms with Crippen LogP contribution in [0, 0.1) is 5.92 Å². The normalized spacial score (nSPS) is 18.5. The molecule has 0 saturated carbocycles. The van der Waals surface area contributed by atoms with Gasteiger partial charge in [0, 0.05) is 19.3 Å². The molecule has 1 heterocycles. The van der Waals surface area contributed by atoms with Crippen molar-refractivity contribution in [3.8, 4) is 0 Å². The van der Waals surface area contributed by atoms with Crippen LogP contribution in [0.3, 0.4) is 0 Å². The highest BCUT2D eigenvalue weighted by Gasteiger charge is 2.25. The molecule has 2 rings (SSSR count). The number of ether oxygens (including phenoxy) is 1. The number of hydrogen-bond acceptors (Lipinski definition) is 2. The molecule has 0 radical (unpaired) electrons. The highest BCUT2D eigenvalue weighted by Crippen LogP contribution is 2.33. The second-order valence-corrected chi connectivity index (χ2v) is 5.87. The lowest BCUT2D eigenvalue weighted by Crippen LogP contribution is -2.32. The molecule has 2 nitrogen and oxygen atoms in total. The van der Waals surface area contributed by atoms with Crippen LogP contribution >= 0.6 is 23.2 Å². The average Bonchev–Trinajstić information content (AvgIpc) is 2.44. The standard InChI is InChI=1S/C15H21Cl2NO/c1-2-7-18-15(11-5-8-19-9-6-11)12-3-4-13(16)14(17)10-12/h3-4,10-11,15,18H,2,5-9H2,1H3. The SMILES string of the molecule is CCCNC(c1ccc(Cl)c(Cl)c1)C1CCOCC1. The zero-order valence-electron chi connectivity index (χ0n) is 11.3. The Hall–Kier alpha value is -0.280. The number of hydrogen-bond donors (Lipinski definition) is 1. The highest BCUT2D eigenvalue weighted by atomic mass is 35.5. The Balaban J connectivity index is 2.17. The van der Waals surface area contributed by atoms with Gasteiger partial charge in [0.25, 0.3) is 0 Å². The van der Waals surface area contributed by atoms with Gasteiger partial charge in [-0.15, -0.1) is 0 Å². The largest absolute Gasteiger partial charge is 0.381 e. The van der Waals surface area contributed by atoms with Crippen molar-refractivity contribution in [2.24, 2.45) is 5.92 Å². The first kappa shape index (κ1) is 15.1. The van der Waals surface area contributed by atoms with E-state index in [1.165, 1.54) is 5.56 Å². The third-order valence-corrected chi connectivity index (χ3v) is 4.39. The molecule has 0 amide bonds. The molecule has 1 aromatic rings. The fourth-order valence-electron chi connectivity index (χ4n) is 2.61. The monoisotopic (exact) mass is 301 g/mol. The first-order chi connectivity index (χ1) is 9.22. The predicted molar refractivity (Wildman–Crippen MR) is 81.0 cm³/mol. The van der Waals surface area contributed by atoms with E-state index in [4.69, 9.17) is 27.9 Å². The summed E-state index contributed by atoms with van der Waals surface area (Å²) in [4.78, 5) is 0. The van der Waals surface area contributed by atoms with Crippen LogP contribution in [0.15, 0.2) is 18.2 Å². The summed E-state index contributed by atoms with van der Waals surface area (Å²) in [5, 5.41) is 4.90. The molecule has 19 heavy (non-hydrogen) atoms. The minimum absolute atomic E-state index is 0.346. The van der Waals surface area contributed by atoms with Gasteiger partial charge in [-0.05, 0) is 49.4 Å². The van der Waals surface area contributed by atoms with Crippen molar-refractivity contribution in [2.75, 3.05) is 19.8 Å². The van der Waals surface area contributed by atoms with Gasteiger partial charge in [0.05, 0.1) is 10.0 Å². The van der Waals surface area contributed by atoms with Crippen molar-refractivity contribution in [1.29, 1.82) is 0 Å². The van der Waals surface area contributed by atoms with E-state index in [1.807, 2.05) is 12.1 Å². The number of halogens is 2. The molecule has 106 valence electrons. The summed E-state index contributed by atoms with van der Waals surface area (Å²) >= 11 is 12.1. The Kier molecular flexibility index (Phi) is 5.96. The molecule has 1 aromatic carbocycles. The average molecular weight is 302 g/mol. The van der Waals surface area contributed by atoms with Crippen LogP contribution in [0.25, 0.3) is 0 Å². The molecule has 1 atom stereocenters. The van der Waals surface area contributed by atoms with Crippen molar-refractivity contribution in [3.05, 3.63) is 33.8 Å². The maximum Gasteiger partial charge on any atom is 0.0595 e. The Labute approximate surface area is 125 Å². The third-order valence-electron chi connectivity index (χ3n) is 3.65. The lowest BCUT2D eigenvalue weighted by atomic mass is 9.87. The minimum atomic E-state index is 0.346. The zero-order chi connectivity index (χ0) is 13.7. The van der Waals surface area contributed by atoms with Gasteiger partial charge in [0.15, 0.2) is 0 Å². The minimum Gasteiger partial charge on any atom is -0.381 e. The van der Waals surface area contributed by atoms with E-state index in [-0.39, 0.29) is 0 Å². The number of benzene rings is 1. The Morgan fingerprint density at radius 3 is 2.63 bits per heavy atom. The summed E-state index contributed by atoms with van der Waals surface area (Å²) in [5.74, 6) is 0.609. The van der Waals surface area contributed by atoms with Crippen LogP contribution in [0.4, 0.5) is 0 Å². The van der Waals surface area contributed by atoms with E-state index in [1.54, 1.807) is 0 Å². The molecule has 1 unspecified atom stereocenters. The van der Waals surface area contributed by atoms with Gasteiger partial charge < -0.3 is 10.1 Å². The summed E-state index contributed by atoms with van der Waals surface area (Å²) in [5.41, 5.74) is 1.23. The summed E-state index contributed by atoms with van der Waals surface area (Å²) in [7, 11) is 0. The molecule has 1 N–H and O–H groups in total. The van der Waals surface area contributed by atoms with E-state index in [9.17, 15) is 0 Å². The molecular formula is C15H21Cl2NO. The predicted octanol–water partition coefficient (Wildman–Crippen LogP) is 4.46. The highest BCUT2D eigenvalue weighted by molar-refractivity contribution is 6.42. The third kappa shape index (κ3) is 4.09. The molecule has 1 aliphatic heterocycles. The maximum absolute atomic E-state index is 6.15. The molecule has 0 bridgehead atoms. The Morgan fingerprint density at radius 2 is 2.00 bits per heavy atom. The molecule has 0 aromatic heterocycles. The van der Waals surface area contributed by atoms with E-state index in [0.29, 0.717) is 22.0 Å². The van der Waals surface area contributed by atoms with Crippen LogP contribution in [-0.2, 0) is 4.74 Å². The van der Waals surface area contributed by atoms with Crippen molar-refractivity contribution < 1.29 is 4.74 Å². The van der Waals surface area contributed by atoms with Gasteiger partial charge in [-0.1, -0.05) is 36.2 Å². The van der Waals surface area contributed by atoms with Gasteiger partial charge in [-0.2, -0.15) is 0 Å². The van der Waals surface area contributed by atoms with Gasteiger partial charge in [-0.25, -0.2) is 0 Å². The first-order valence-corrected chi connectivity index (χ1v) is 7.74. The molecule has 1 aliphatic rings. The Bertz CT molecular complexity index is 405. The first-order valence-electron chi connectivity index (χ1n) is 6.98. The second kappa shape index (κ2) is 7.49. The van der Waals surface area contributed by atoms with Crippen molar-refractivity contribution in [3.63, 3.8) is 0 Å². The van der Waals surface area contributed by atoms with Crippen molar-refractivity contribution >= 4 is 23.2 Å². The van der Waals surface area contributed by atoms with Crippen LogP contribution in [0.5, 0.6) is 0 Å². The number of rotatable bonds is 5. The van der Waals surface area contributed by atoms with Crippen LogP contribution in [0.2, 0.25) is 10.0 Å². The van der Waals surface area contributed by atoms with Gasteiger partial charge in [0.1, 0.15) is 0 Å². The van der Waals surface area contributed by atoms with Gasteiger partial charge >= 0.3 is 0 Å². The van der Waals surface area contributed by atoms with Crippen LogP contribution < -0.4 is 5.32 Å². The zero-order valence-corrected chi connectivity index (χ0v) is 12.8. The molecule has 1 saturated heterocycles. The fourth-order valence-corrected chi connectivity index (χ4v) is 2.92. The molecule has 1 fully saturated rings. The maximum atomic E-state index is 6.15. The van der Waals surface area contributed by atoms with Crippen LogP contribution in [-0.4, -0.2) is 19.8 Å². The molecule has 0 aliphatic carbocycles. The lowest BCUT2D eigenvalue weighted by Gasteiger charge is -2.31. The van der Waals surface area contributed by atoms with E-state index < -0.39 is 0 Å². The van der Waals surface area contributed by atoms with Gasteiger partial charge in [-0.3, -0.25) is 0 Å². The summed E-state index contributed by atoms with van der Waals surface area (Å²) in [6.07, 6.45) is 3.32. The smallest absolute Gasteiger partial charge is 0.0595 e. The quantitative estimate of drug-likeness (QED) is 0.867. The second-order valence-electron chi connectivity index (χ2n) is 5.06. The van der Waals surface area contributed by atoms with Crippen molar-refractivity contribution in [1.82, 2.24) is 5.32 Å². The van der Waals surface area contributed by atoms with E-state index in [0.717, 1.165) is 39.0 Å². The lowest BCUT2D eigenvalue weighted by molar-refractivity contribution is 0.0536. The summed E-state index contributed by atoms with van der Waals surface area (Å²) in [6, 6.07) is 6.31. The van der Waals surface area contributed by atoms with E-state index >= 15 is 0 Å².